The summed E-state index contributed by atoms with van der Waals surface area (Å²) in [7, 11) is 0. The Morgan fingerprint density at radius 3 is 2.34 bits per heavy atom. The highest BCUT2D eigenvalue weighted by atomic mass is 35.5. The van der Waals surface area contributed by atoms with Gasteiger partial charge >= 0.3 is 0 Å². The number of nitrogens with zero attached hydrogens (tertiary/aromatic N) is 1. The SMILES string of the molecule is CCNC(=O)[C@@H](Cc1ccccc1)N(Cc1ccc(Cl)cc1Cl)C(=O)CSCc1ccc(C)cc1. The molecule has 0 aliphatic carbocycles. The van der Waals surface area contributed by atoms with E-state index in [1.165, 1.54) is 17.3 Å². The molecule has 0 saturated carbocycles. The molecule has 0 fully saturated rings. The van der Waals surface area contributed by atoms with Crippen molar-refractivity contribution >= 4 is 46.8 Å². The molecule has 3 rings (SSSR count). The minimum Gasteiger partial charge on any atom is -0.355 e. The van der Waals surface area contributed by atoms with Crippen LogP contribution in [0.25, 0.3) is 0 Å². The van der Waals surface area contributed by atoms with Crippen molar-refractivity contribution in [3.05, 3.63) is 105 Å². The minimum absolute atomic E-state index is 0.111. The Labute approximate surface area is 222 Å². The molecule has 0 bridgehead atoms. The van der Waals surface area contributed by atoms with Crippen molar-refractivity contribution in [2.75, 3.05) is 12.3 Å². The van der Waals surface area contributed by atoms with E-state index in [9.17, 15) is 9.59 Å². The van der Waals surface area contributed by atoms with Crippen LogP contribution in [0.4, 0.5) is 0 Å². The Morgan fingerprint density at radius 2 is 1.69 bits per heavy atom. The number of thioether (sulfide) groups is 1. The highest BCUT2D eigenvalue weighted by molar-refractivity contribution is 7.99. The molecule has 35 heavy (non-hydrogen) atoms. The van der Waals surface area contributed by atoms with E-state index in [-0.39, 0.29) is 24.1 Å². The Morgan fingerprint density at radius 1 is 0.971 bits per heavy atom. The van der Waals surface area contributed by atoms with Gasteiger partial charge in [-0.3, -0.25) is 9.59 Å². The normalized spacial score (nSPS) is 11.7. The average Bonchev–Trinajstić information content (AvgIpc) is 2.84. The molecule has 0 spiro atoms. The summed E-state index contributed by atoms with van der Waals surface area (Å²) in [5.41, 5.74) is 4.09. The number of hydrogen-bond acceptors (Lipinski definition) is 3. The number of amides is 2. The third-order valence-electron chi connectivity index (χ3n) is 5.59. The van der Waals surface area contributed by atoms with Crippen LogP contribution < -0.4 is 5.32 Å². The number of benzene rings is 3. The molecule has 7 heteroatoms. The third-order valence-corrected chi connectivity index (χ3v) is 7.17. The topological polar surface area (TPSA) is 49.4 Å². The first-order valence-electron chi connectivity index (χ1n) is 11.6. The number of nitrogens with one attached hydrogen (secondary N) is 1. The van der Waals surface area contributed by atoms with Crippen molar-refractivity contribution in [1.29, 1.82) is 0 Å². The van der Waals surface area contributed by atoms with Crippen molar-refractivity contribution in [2.24, 2.45) is 0 Å². The molecule has 0 heterocycles. The molecule has 1 N–H and O–H groups in total. The summed E-state index contributed by atoms with van der Waals surface area (Å²) in [5.74, 6) is 0.675. The molecule has 1 atom stereocenters. The quantitative estimate of drug-likeness (QED) is 0.317. The van der Waals surface area contributed by atoms with Crippen LogP contribution in [0.1, 0.15) is 29.2 Å². The third kappa shape index (κ3) is 8.31. The first kappa shape index (κ1) is 27.1. The van der Waals surface area contributed by atoms with Gasteiger partial charge in [-0.1, -0.05) is 89.4 Å². The van der Waals surface area contributed by atoms with Gasteiger partial charge in [0.15, 0.2) is 0 Å². The highest BCUT2D eigenvalue weighted by Gasteiger charge is 2.30. The molecule has 3 aromatic rings. The van der Waals surface area contributed by atoms with Crippen LogP contribution in [0.15, 0.2) is 72.8 Å². The molecule has 0 aliphatic rings. The standard InChI is InChI=1S/C28H30Cl2N2O2S/c1-3-31-28(34)26(15-21-7-5-4-6-8-21)32(17-23-13-14-24(29)16-25(23)30)27(33)19-35-18-22-11-9-20(2)10-12-22/h4-14,16,26H,3,15,17-19H2,1-2H3,(H,31,34)/t26-/m1/s1. The zero-order valence-electron chi connectivity index (χ0n) is 20.0. The number of likely N-dealkylation sites (N-methyl/N-ethyl adjacent to an activating group) is 1. The molecular formula is C28H30Cl2N2O2S. The monoisotopic (exact) mass is 528 g/mol. The molecule has 0 aromatic heterocycles. The van der Waals surface area contributed by atoms with E-state index in [0.717, 1.165) is 16.7 Å². The maximum absolute atomic E-state index is 13.6. The van der Waals surface area contributed by atoms with Gasteiger partial charge in [0.05, 0.1) is 5.75 Å². The van der Waals surface area contributed by atoms with E-state index in [0.29, 0.717) is 28.8 Å². The molecule has 0 saturated heterocycles. The van der Waals surface area contributed by atoms with Crippen molar-refractivity contribution in [1.82, 2.24) is 10.2 Å². The molecule has 2 amide bonds. The summed E-state index contributed by atoms with van der Waals surface area (Å²) in [6.07, 6.45) is 0.409. The van der Waals surface area contributed by atoms with Crippen LogP contribution in [0.2, 0.25) is 10.0 Å². The number of hydrogen-bond donors (Lipinski definition) is 1. The van der Waals surface area contributed by atoms with Gasteiger partial charge in [0.25, 0.3) is 0 Å². The number of aryl methyl sites for hydroxylation is 1. The molecule has 0 aliphatic heterocycles. The lowest BCUT2D eigenvalue weighted by Gasteiger charge is -2.31. The number of carbonyl (C=O) groups excluding carboxylic acids is 2. The smallest absolute Gasteiger partial charge is 0.243 e. The fourth-order valence-electron chi connectivity index (χ4n) is 3.70. The number of carbonyl (C=O) groups is 2. The second-order valence-corrected chi connectivity index (χ2v) is 10.2. The van der Waals surface area contributed by atoms with Crippen molar-refractivity contribution in [3.63, 3.8) is 0 Å². The van der Waals surface area contributed by atoms with Crippen LogP contribution in [0, 0.1) is 6.92 Å². The average molecular weight is 530 g/mol. The summed E-state index contributed by atoms with van der Waals surface area (Å²) < 4.78 is 0. The maximum atomic E-state index is 13.6. The van der Waals surface area contributed by atoms with Crippen molar-refractivity contribution in [3.8, 4) is 0 Å². The van der Waals surface area contributed by atoms with Crippen molar-refractivity contribution < 1.29 is 9.59 Å². The van der Waals surface area contributed by atoms with Gasteiger partial charge in [-0.05, 0) is 42.7 Å². The summed E-state index contributed by atoms with van der Waals surface area (Å²) in [6, 6.07) is 22.6. The van der Waals surface area contributed by atoms with E-state index in [1.54, 1.807) is 17.0 Å². The summed E-state index contributed by atoms with van der Waals surface area (Å²) in [4.78, 5) is 28.4. The van der Waals surface area contributed by atoms with Gasteiger partial charge < -0.3 is 10.2 Å². The molecule has 0 unspecified atom stereocenters. The van der Waals surface area contributed by atoms with Crippen LogP contribution in [-0.4, -0.2) is 35.1 Å². The first-order valence-corrected chi connectivity index (χ1v) is 13.5. The van der Waals surface area contributed by atoms with Gasteiger partial charge in [0, 0.05) is 35.3 Å². The van der Waals surface area contributed by atoms with Crippen LogP contribution in [0.3, 0.4) is 0 Å². The molecule has 3 aromatic carbocycles. The molecule has 0 radical (unpaired) electrons. The van der Waals surface area contributed by atoms with E-state index < -0.39 is 6.04 Å². The summed E-state index contributed by atoms with van der Waals surface area (Å²) >= 11 is 14.1. The Balaban J connectivity index is 1.85. The van der Waals surface area contributed by atoms with E-state index in [2.05, 4.69) is 36.5 Å². The van der Waals surface area contributed by atoms with Crippen LogP contribution >= 0.6 is 35.0 Å². The lowest BCUT2D eigenvalue weighted by molar-refractivity contribution is -0.139. The van der Waals surface area contributed by atoms with Gasteiger partial charge in [-0.25, -0.2) is 0 Å². The lowest BCUT2D eigenvalue weighted by Crippen LogP contribution is -2.51. The van der Waals surface area contributed by atoms with Gasteiger partial charge in [-0.2, -0.15) is 0 Å². The Hall–Kier alpha value is -2.47. The molecule has 4 nitrogen and oxygen atoms in total. The fraction of sp³-hybridized carbons (Fsp3) is 0.286. The summed E-state index contributed by atoms with van der Waals surface area (Å²) in [5, 5.41) is 3.90. The maximum Gasteiger partial charge on any atom is 0.243 e. The fourth-order valence-corrected chi connectivity index (χ4v) is 5.04. The second kappa shape index (κ2) is 13.6. The van der Waals surface area contributed by atoms with Gasteiger partial charge in [-0.15, -0.1) is 11.8 Å². The largest absolute Gasteiger partial charge is 0.355 e. The van der Waals surface area contributed by atoms with Gasteiger partial charge in [0.1, 0.15) is 6.04 Å². The lowest BCUT2D eigenvalue weighted by atomic mass is 10.0. The number of rotatable bonds is 11. The van der Waals surface area contributed by atoms with Gasteiger partial charge in [0.2, 0.25) is 11.8 Å². The van der Waals surface area contributed by atoms with E-state index in [1.807, 2.05) is 43.3 Å². The van der Waals surface area contributed by atoms with Crippen LogP contribution in [-0.2, 0) is 28.3 Å². The van der Waals surface area contributed by atoms with Crippen molar-refractivity contribution in [2.45, 2.75) is 38.6 Å². The number of halogens is 2. The summed E-state index contributed by atoms with van der Waals surface area (Å²) in [6.45, 7) is 4.62. The van der Waals surface area contributed by atoms with E-state index in [4.69, 9.17) is 23.2 Å². The molecular weight excluding hydrogens is 499 g/mol. The predicted molar refractivity (Wildman–Crippen MR) is 147 cm³/mol. The molecule has 184 valence electrons. The van der Waals surface area contributed by atoms with Crippen LogP contribution in [0.5, 0.6) is 0 Å². The van der Waals surface area contributed by atoms with E-state index >= 15 is 0 Å². The highest BCUT2D eigenvalue weighted by Crippen LogP contribution is 2.25. The predicted octanol–water partition coefficient (Wildman–Crippen LogP) is 6.31. The minimum atomic E-state index is -0.670. The first-order chi connectivity index (χ1) is 16.9. The zero-order valence-corrected chi connectivity index (χ0v) is 22.3. The zero-order chi connectivity index (χ0) is 25.2. The Kier molecular flexibility index (Phi) is 10.5. The second-order valence-electron chi connectivity index (χ2n) is 8.34. The Bertz CT molecular complexity index is 1120.